The minimum atomic E-state index is -0.108. The summed E-state index contributed by atoms with van der Waals surface area (Å²) in [5.41, 5.74) is 24.5. The van der Waals surface area contributed by atoms with E-state index in [1.54, 1.807) is 0 Å². The first-order valence-corrected chi connectivity index (χ1v) is 13.5. The van der Waals surface area contributed by atoms with Crippen molar-refractivity contribution >= 4 is 0 Å². The van der Waals surface area contributed by atoms with Gasteiger partial charge >= 0.3 is 0 Å². The second kappa shape index (κ2) is 20.5. The van der Waals surface area contributed by atoms with E-state index in [9.17, 15) is 0 Å². The molecule has 4 heteroatoms. The highest BCUT2D eigenvalue weighted by Gasteiger charge is 2.12. The SMILES string of the molecule is C=C=C=C=C=C(CCOC(C)(C)C)CNC(C)(C)C.C=C=C=C=C=C(CCOCC(C)C)CNC(C)(C)C. The third-order valence-corrected chi connectivity index (χ3v) is 4.38. The Balaban J connectivity index is 0. The Morgan fingerprint density at radius 1 is 0.684 bits per heavy atom. The van der Waals surface area contributed by atoms with Crippen LogP contribution in [0.1, 0.15) is 89.0 Å². The van der Waals surface area contributed by atoms with E-state index in [4.69, 9.17) is 9.47 Å². The van der Waals surface area contributed by atoms with Crippen LogP contribution in [0.2, 0.25) is 0 Å². The van der Waals surface area contributed by atoms with Gasteiger partial charge in [-0.2, -0.15) is 0 Å². The van der Waals surface area contributed by atoms with Gasteiger partial charge in [0.25, 0.3) is 0 Å². The molecule has 0 unspecified atom stereocenters. The van der Waals surface area contributed by atoms with E-state index in [-0.39, 0.29) is 16.7 Å². The van der Waals surface area contributed by atoms with Crippen LogP contribution in [0.3, 0.4) is 0 Å². The predicted octanol–water partition coefficient (Wildman–Crippen LogP) is 7.37. The number of hydrogen-bond acceptors (Lipinski definition) is 4. The van der Waals surface area contributed by atoms with Crippen molar-refractivity contribution in [3.05, 3.63) is 70.2 Å². The van der Waals surface area contributed by atoms with Gasteiger partial charge in [-0.1, -0.05) is 36.8 Å². The molecule has 0 atom stereocenters. The van der Waals surface area contributed by atoms with Gasteiger partial charge in [0, 0.05) is 43.6 Å². The fraction of sp³-hybridized carbons (Fsp3) is 0.647. The van der Waals surface area contributed by atoms with Crippen LogP contribution in [0.4, 0.5) is 0 Å². The van der Waals surface area contributed by atoms with Crippen LogP contribution in [0, 0.1) is 5.92 Å². The number of nitrogens with one attached hydrogen (secondary N) is 2. The van der Waals surface area contributed by atoms with Crippen molar-refractivity contribution in [2.24, 2.45) is 5.92 Å². The Labute approximate surface area is 234 Å². The molecule has 0 saturated heterocycles. The van der Waals surface area contributed by atoms with E-state index < -0.39 is 0 Å². The average Bonchev–Trinajstić information content (AvgIpc) is 2.76. The Hall–Kier alpha value is -2.44. The molecule has 0 bridgehead atoms. The minimum absolute atomic E-state index is 0.0792. The van der Waals surface area contributed by atoms with Crippen LogP contribution in [-0.4, -0.2) is 49.6 Å². The highest BCUT2D eigenvalue weighted by molar-refractivity contribution is 5.06. The van der Waals surface area contributed by atoms with Crippen molar-refractivity contribution < 1.29 is 9.47 Å². The highest BCUT2D eigenvalue weighted by atomic mass is 16.5. The van der Waals surface area contributed by atoms with Gasteiger partial charge in [-0.25, -0.2) is 0 Å². The van der Waals surface area contributed by atoms with E-state index >= 15 is 0 Å². The largest absolute Gasteiger partial charge is 0.381 e. The van der Waals surface area contributed by atoms with Gasteiger partial charge in [-0.15, -0.1) is 0 Å². The van der Waals surface area contributed by atoms with Gasteiger partial charge in [0.15, 0.2) is 0 Å². The van der Waals surface area contributed by atoms with Crippen molar-refractivity contribution in [3.8, 4) is 0 Å². The molecule has 4 nitrogen and oxygen atoms in total. The maximum atomic E-state index is 5.73. The quantitative estimate of drug-likeness (QED) is 0.207. The smallest absolute Gasteiger partial charge is 0.0598 e. The molecular weight excluding hydrogens is 468 g/mol. The fourth-order valence-corrected chi connectivity index (χ4v) is 2.46. The lowest BCUT2D eigenvalue weighted by Crippen LogP contribution is -2.37. The van der Waals surface area contributed by atoms with Gasteiger partial charge < -0.3 is 20.1 Å². The fourth-order valence-electron chi connectivity index (χ4n) is 2.46. The summed E-state index contributed by atoms with van der Waals surface area (Å²) in [6.45, 7) is 33.9. The maximum Gasteiger partial charge on any atom is 0.0598 e. The number of ether oxygens (including phenoxy) is 2. The van der Waals surface area contributed by atoms with Crippen molar-refractivity contribution in [2.75, 3.05) is 32.9 Å². The molecule has 0 radical (unpaired) electrons. The minimum Gasteiger partial charge on any atom is -0.381 e. The van der Waals surface area contributed by atoms with Gasteiger partial charge in [0.05, 0.1) is 18.8 Å². The third kappa shape index (κ3) is 31.6. The molecule has 0 heterocycles. The van der Waals surface area contributed by atoms with Crippen molar-refractivity contribution in [3.63, 3.8) is 0 Å². The molecule has 0 aromatic heterocycles. The summed E-state index contributed by atoms with van der Waals surface area (Å²) in [6.07, 6.45) is 1.67. The zero-order chi connectivity index (χ0) is 29.7. The zero-order valence-electron chi connectivity index (χ0n) is 26.3. The monoisotopic (exact) mass is 522 g/mol. The van der Waals surface area contributed by atoms with Gasteiger partial charge in [-0.3, -0.25) is 0 Å². The predicted molar refractivity (Wildman–Crippen MR) is 162 cm³/mol. The van der Waals surface area contributed by atoms with Gasteiger partial charge in [0.1, 0.15) is 0 Å². The maximum absolute atomic E-state index is 5.73. The first kappa shape index (κ1) is 37.7. The van der Waals surface area contributed by atoms with Crippen LogP contribution < -0.4 is 10.6 Å². The lowest BCUT2D eigenvalue weighted by molar-refractivity contribution is -0.00114. The van der Waals surface area contributed by atoms with Gasteiger partial charge in [0.2, 0.25) is 0 Å². The molecule has 0 spiro atoms. The third-order valence-electron chi connectivity index (χ3n) is 4.38. The van der Waals surface area contributed by atoms with Crippen LogP contribution in [0.5, 0.6) is 0 Å². The van der Waals surface area contributed by atoms with Gasteiger partial charge in [-0.05, 0) is 115 Å². The summed E-state index contributed by atoms with van der Waals surface area (Å²) < 4.78 is 11.3. The van der Waals surface area contributed by atoms with Crippen molar-refractivity contribution in [1.29, 1.82) is 0 Å². The summed E-state index contributed by atoms with van der Waals surface area (Å²) in [5, 5.41) is 6.88. The molecule has 212 valence electrons. The van der Waals surface area contributed by atoms with Crippen LogP contribution in [0.15, 0.2) is 70.2 Å². The van der Waals surface area contributed by atoms with E-state index in [1.807, 2.05) is 0 Å². The topological polar surface area (TPSA) is 42.5 Å². The standard InChI is InChI=1S/2C17H27NO/c1-8-9-10-11-15(14-18-16(2,3)4)12-13-19-17(5,6)7;1-7-8-9-10-16(13-18-17(4,5)6)11-12-19-14-15(2)3/h18H,1,12-14H2,2-7H3;15,18H,1,11-14H2,2-6H3. The number of rotatable bonds is 12. The number of hydrogen-bond donors (Lipinski definition) is 2. The molecule has 0 aromatic rings. The second-order valence-corrected chi connectivity index (χ2v) is 12.4. The molecule has 0 amide bonds. The summed E-state index contributed by atoms with van der Waals surface area (Å²) >= 11 is 0. The van der Waals surface area contributed by atoms with Crippen molar-refractivity contribution in [1.82, 2.24) is 10.6 Å². The lowest BCUT2D eigenvalue weighted by Gasteiger charge is -2.22. The Morgan fingerprint density at radius 3 is 1.45 bits per heavy atom. The van der Waals surface area contributed by atoms with E-state index in [2.05, 4.69) is 146 Å². The van der Waals surface area contributed by atoms with Crippen LogP contribution in [-0.2, 0) is 9.47 Å². The summed E-state index contributed by atoms with van der Waals surface area (Å²) in [4.78, 5) is 0. The van der Waals surface area contributed by atoms with Crippen molar-refractivity contribution in [2.45, 2.75) is 106 Å². The summed E-state index contributed by atoms with van der Waals surface area (Å²) in [5.74, 6) is 0.569. The second-order valence-electron chi connectivity index (χ2n) is 12.4. The Bertz CT molecular complexity index is 994. The van der Waals surface area contributed by atoms with Crippen LogP contribution in [0.25, 0.3) is 0 Å². The summed E-state index contributed by atoms with van der Waals surface area (Å²) in [7, 11) is 0. The molecule has 0 aromatic carbocycles. The molecule has 0 saturated carbocycles. The zero-order valence-corrected chi connectivity index (χ0v) is 26.3. The lowest BCUT2D eigenvalue weighted by atomic mass is 10.1. The molecule has 0 aliphatic heterocycles. The molecule has 0 rings (SSSR count). The summed E-state index contributed by atoms with van der Waals surface area (Å²) in [6, 6.07) is 0. The first-order chi connectivity index (χ1) is 17.5. The van der Waals surface area contributed by atoms with Crippen LogP contribution >= 0.6 is 0 Å². The highest BCUT2D eigenvalue weighted by Crippen LogP contribution is 2.10. The molecular formula is C34H54N2O2. The van der Waals surface area contributed by atoms with E-state index in [0.29, 0.717) is 19.1 Å². The van der Waals surface area contributed by atoms with E-state index in [1.165, 1.54) is 0 Å². The first-order valence-electron chi connectivity index (χ1n) is 13.5. The molecule has 0 aliphatic carbocycles. The molecule has 0 fully saturated rings. The molecule has 0 aliphatic rings. The molecule has 2 N–H and O–H groups in total. The van der Waals surface area contributed by atoms with E-state index in [0.717, 1.165) is 43.7 Å². The Kier molecular flexibility index (Phi) is 20.4. The normalized spacial score (nSPS) is 10.7. The molecule has 38 heavy (non-hydrogen) atoms. The average molecular weight is 523 g/mol. The Morgan fingerprint density at radius 2 is 1.11 bits per heavy atom.